The van der Waals surface area contributed by atoms with Gasteiger partial charge in [0.2, 0.25) is 0 Å². The Morgan fingerprint density at radius 1 is 1.23 bits per heavy atom. The number of carbonyl (C=O) groups excluding carboxylic acids is 2. The van der Waals surface area contributed by atoms with Gasteiger partial charge in [-0.05, 0) is 32.3 Å². The fraction of sp³-hybridized carbons (Fsp3) is 0.409. The summed E-state index contributed by atoms with van der Waals surface area (Å²) in [6.07, 6.45) is 5.13. The van der Waals surface area contributed by atoms with Gasteiger partial charge in [-0.2, -0.15) is 5.10 Å². The van der Waals surface area contributed by atoms with Crippen LogP contribution in [-0.4, -0.2) is 54.1 Å². The van der Waals surface area contributed by atoms with Crippen LogP contribution in [0.15, 0.2) is 42.7 Å². The lowest BCUT2D eigenvalue weighted by Crippen LogP contribution is -2.38. The summed E-state index contributed by atoms with van der Waals surface area (Å²) >= 11 is 0. The van der Waals surface area contributed by atoms with E-state index < -0.39 is 0 Å². The van der Waals surface area contributed by atoms with Gasteiger partial charge in [-0.15, -0.1) is 5.10 Å². The van der Waals surface area contributed by atoms with E-state index in [0.29, 0.717) is 25.2 Å². The van der Waals surface area contributed by atoms with Crippen LogP contribution < -0.4 is 5.32 Å². The highest BCUT2D eigenvalue weighted by Crippen LogP contribution is 2.22. The van der Waals surface area contributed by atoms with Gasteiger partial charge in [0.05, 0.1) is 30.5 Å². The summed E-state index contributed by atoms with van der Waals surface area (Å²) in [7, 11) is 0. The first-order valence-electron chi connectivity index (χ1n) is 10.6. The Kier molecular flexibility index (Phi) is 6.11. The summed E-state index contributed by atoms with van der Waals surface area (Å²) in [6.45, 7) is 6.31. The van der Waals surface area contributed by atoms with E-state index in [1.54, 1.807) is 17.1 Å². The molecule has 1 unspecified atom stereocenters. The number of nitrogens with zero attached hydrogens (tertiary/aromatic N) is 6. The molecule has 0 aliphatic carbocycles. The number of hydrogen-bond acceptors (Lipinski definition) is 5. The summed E-state index contributed by atoms with van der Waals surface area (Å²) in [5.74, 6) is -0.266. The molecule has 9 heteroatoms. The molecule has 3 aromatic rings. The topological polar surface area (TPSA) is 97.9 Å². The molecule has 1 aromatic carbocycles. The third-order valence-electron chi connectivity index (χ3n) is 5.74. The Balaban J connectivity index is 1.38. The van der Waals surface area contributed by atoms with Crippen LogP contribution in [0.2, 0.25) is 0 Å². The first kappa shape index (κ1) is 20.8. The number of nitrogens with one attached hydrogen (secondary N) is 1. The van der Waals surface area contributed by atoms with Crippen LogP contribution in [0.25, 0.3) is 0 Å². The first-order chi connectivity index (χ1) is 15.1. The summed E-state index contributed by atoms with van der Waals surface area (Å²) in [5.41, 5.74) is 2.82. The molecule has 0 bridgehead atoms. The predicted octanol–water partition coefficient (Wildman–Crippen LogP) is 2.04. The Morgan fingerprint density at radius 2 is 2.03 bits per heavy atom. The predicted molar refractivity (Wildman–Crippen MR) is 114 cm³/mol. The van der Waals surface area contributed by atoms with Gasteiger partial charge in [-0.3, -0.25) is 14.3 Å². The van der Waals surface area contributed by atoms with Gasteiger partial charge in [-0.25, -0.2) is 4.68 Å². The van der Waals surface area contributed by atoms with E-state index in [4.69, 9.17) is 0 Å². The van der Waals surface area contributed by atoms with Crippen molar-refractivity contribution in [1.82, 2.24) is 35.0 Å². The normalized spacial score (nSPS) is 15.9. The third kappa shape index (κ3) is 4.50. The maximum absolute atomic E-state index is 13.1. The second-order valence-corrected chi connectivity index (χ2v) is 7.75. The van der Waals surface area contributed by atoms with Crippen molar-refractivity contribution in [3.05, 3.63) is 65.2 Å². The van der Waals surface area contributed by atoms with Crippen LogP contribution in [0, 0.1) is 6.92 Å². The fourth-order valence-corrected chi connectivity index (χ4v) is 4.00. The van der Waals surface area contributed by atoms with Crippen LogP contribution in [-0.2, 0) is 19.6 Å². The lowest BCUT2D eigenvalue weighted by molar-refractivity contribution is 0.0720. The number of amides is 2. The van der Waals surface area contributed by atoms with E-state index in [2.05, 4.69) is 20.7 Å². The van der Waals surface area contributed by atoms with Gasteiger partial charge in [0.25, 0.3) is 11.8 Å². The van der Waals surface area contributed by atoms with Gasteiger partial charge in [0.1, 0.15) is 0 Å². The molecule has 1 aliphatic heterocycles. The highest BCUT2D eigenvalue weighted by atomic mass is 16.2. The first-order valence-corrected chi connectivity index (χ1v) is 10.6. The maximum atomic E-state index is 13.1. The van der Waals surface area contributed by atoms with Gasteiger partial charge < -0.3 is 10.2 Å². The molecule has 0 radical (unpaired) electrons. The highest BCUT2D eigenvalue weighted by molar-refractivity contribution is 5.95. The monoisotopic (exact) mass is 421 g/mol. The molecule has 1 aliphatic rings. The largest absolute Gasteiger partial charge is 0.347 e. The van der Waals surface area contributed by atoms with Crippen LogP contribution in [0.4, 0.5) is 0 Å². The summed E-state index contributed by atoms with van der Waals surface area (Å²) in [6, 6.07) is 9.72. The Bertz CT molecular complexity index is 1060. The molecule has 4 rings (SSSR count). The minimum Gasteiger partial charge on any atom is -0.347 e. The molecule has 1 atom stereocenters. The smallest absolute Gasteiger partial charge is 0.273 e. The van der Waals surface area contributed by atoms with Gasteiger partial charge >= 0.3 is 0 Å². The molecule has 3 heterocycles. The molecule has 2 amide bonds. The quantitative estimate of drug-likeness (QED) is 0.630. The van der Waals surface area contributed by atoms with E-state index in [-0.39, 0.29) is 23.6 Å². The summed E-state index contributed by atoms with van der Waals surface area (Å²) in [4.78, 5) is 27.4. The minimum absolute atomic E-state index is 0.000595. The molecule has 0 spiro atoms. The van der Waals surface area contributed by atoms with Gasteiger partial charge in [-0.1, -0.05) is 35.5 Å². The number of aryl methyl sites for hydroxylation is 1. The van der Waals surface area contributed by atoms with Crippen molar-refractivity contribution in [2.45, 2.75) is 52.4 Å². The molecule has 9 nitrogen and oxygen atoms in total. The molecule has 2 aromatic heterocycles. The third-order valence-corrected chi connectivity index (χ3v) is 5.74. The van der Waals surface area contributed by atoms with Gasteiger partial charge in [0, 0.05) is 25.3 Å². The molecule has 1 saturated heterocycles. The number of carbonyl (C=O) groups is 2. The maximum Gasteiger partial charge on any atom is 0.273 e. The summed E-state index contributed by atoms with van der Waals surface area (Å²) in [5, 5.41) is 15.3. The molecular weight excluding hydrogens is 394 g/mol. The zero-order valence-electron chi connectivity index (χ0n) is 17.9. The van der Waals surface area contributed by atoms with Crippen LogP contribution in [0.3, 0.4) is 0 Å². The average Bonchev–Trinajstić information content (AvgIpc) is 3.53. The Morgan fingerprint density at radius 3 is 2.77 bits per heavy atom. The molecule has 1 N–H and O–H groups in total. The zero-order valence-corrected chi connectivity index (χ0v) is 17.9. The standard InChI is InChI=1S/C22H27N7O2/c1-3-29-16(2)19(13-24-29)22(31)28-11-7-10-18(28)14-27-15-20(25-26-27)21(30)23-12-17-8-5-4-6-9-17/h4-6,8-9,13,15,18H,3,7,10-12,14H2,1-2H3,(H,23,30). The highest BCUT2D eigenvalue weighted by Gasteiger charge is 2.31. The van der Waals surface area contributed by atoms with Crippen molar-refractivity contribution < 1.29 is 9.59 Å². The number of rotatable bonds is 7. The van der Waals surface area contributed by atoms with Crippen molar-refractivity contribution in [1.29, 1.82) is 0 Å². The van der Waals surface area contributed by atoms with E-state index in [9.17, 15) is 9.59 Å². The Labute approximate surface area is 181 Å². The molecule has 0 saturated carbocycles. The SMILES string of the molecule is CCn1ncc(C(=O)N2CCCC2Cn2cc(C(=O)NCc3ccccc3)nn2)c1C. The Hall–Kier alpha value is -3.49. The zero-order chi connectivity index (χ0) is 21.8. The second-order valence-electron chi connectivity index (χ2n) is 7.75. The van der Waals surface area contributed by atoms with Crippen molar-refractivity contribution in [2.24, 2.45) is 0 Å². The lowest BCUT2D eigenvalue weighted by Gasteiger charge is -2.24. The van der Waals surface area contributed by atoms with Gasteiger partial charge in [0.15, 0.2) is 5.69 Å². The number of benzene rings is 1. The van der Waals surface area contributed by atoms with Crippen LogP contribution in [0.5, 0.6) is 0 Å². The molecule has 1 fully saturated rings. The number of hydrogen-bond donors (Lipinski definition) is 1. The van der Waals surface area contributed by atoms with Crippen LogP contribution in [0.1, 0.15) is 51.9 Å². The second kappa shape index (κ2) is 9.11. The van der Waals surface area contributed by atoms with Crippen molar-refractivity contribution in [3.8, 4) is 0 Å². The fourth-order valence-electron chi connectivity index (χ4n) is 4.00. The van der Waals surface area contributed by atoms with E-state index in [0.717, 1.165) is 30.6 Å². The van der Waals surface area contributed by atoms with Crippen molar-refractivity contribution in [3.63, 3.8) is 0 Å². The summed E-state index contributed by atoms with van der Waals surface area (Å²) < 4.78 is 3.48. The van der Waals surface area contributed by atoms with Crippen molar-refractivity contribution >= 4 is 11.8 Å². The number of likely N-dealkylation sites (tertiary alicyclic amines) is 1. The average molecular weight is 422 g/mol. The van der Waals surface area contributed by atoms with E-state index in [1.165, 1.54) is 0 Å². The van der Waals surface area contributed by atoms with Crippen molar-refractivity contribution in [2.75, 3.05) is 6.54 Å². The van der Waals surface area contributed by atoms with Crippen LogP contribution >= 0.6 is 0 Å². The van der Waals surface area contributed by atoms with E-state index in [1.807, 2.05) is 53.8 Å². The molecule has 162 valence electrons. The molecule has 31 heavy (non-hydrogen) atoms. The minimum atomic E-state index is -0.267. The molecular formula is C22H27N7O2. The van der Waals surface area contributed by atoms with E-state index >= 15 is 0 Å². The lowest BCUT2D eigenvalue weighted by atomic mass is 10.2. The number of aromatic nitrogens is 5.